The minimum atomic E-state index is -2.90. The summed E-state index contributed by atoms with van der Waals surface area (Å²) in [6.45, 7) is -2.90. The maximum atomic E-state index is 12.4. The Balaban J connectivity index is 1.69. The average Bonchev–Trinajstić information content (AvgIpc) is 3.14. The van der Waals surface area contributed by atoms with Crippen molar-refractivity contribution in [1.82, 2.24) is 14.8 Å². The van der Waals surface area contributed by atoms with Crippen LogP contribution in [-0.2, 0) is 0 Å². The van der Waals surface area contributed by atoms with Gasteiger partial charge in [0.25, 0.3) is 0 Å². The number of hydrogen-bond donors (Lipinski definition) is 0. The highest BCUT2D eigenvalue weighted by Crippen LogP contribution is 2.27. The number of alkyl halides is 2. The van der Waals surface area contributed by atoms with E-state index in [0.29, 0.717) is 16.5 Å². The lowest BCUT2D eigenvalue weighted by atomic mass is 10.1. The van der Waals surface area contributed by atoms with Crippen molar-refractivity contribution in [2.75, 3.05) is 12.9 Å². The Morgan fingerprint density at radius 3 is 2.63 bits per heavy atom. The first-order valence-electron chi connectivity index (χ1n) is 7.83. The molecule has 0 unspecified atom stereocenters. The van der Waals surface area contributed by atoms with Crippen LogP contribution >= 0.6 is 11.8 Å². The molecule has 0 saturated carbocycles. The van der Waals surface area contributed by atoms with E-state index in [2.05, 4.69) is 14.9 Å². The van der Waals surface area contributed by atoms with Crippen LogP contribution in [-0.4, -0.2) is 40.0 Å². The number of carbonyl (C=O) groups is 1. The molecule has 0 radical (unpaired) electrons. The van der Waals surface area contributed by atoms with Gasteiger partial charge in [0, 0.05) is 5.56 Å². The van der Waals surface area contributed by atoms with Crippen molar-refractivity contribution < 1.29 is 23.0 Å². The van der Waals surface area contributed by atoms with Gasteiger partial charge in [-0.1, -0.05) is 23.9 Å². The third-order valence-electron chi connectivity index (χ3n) is 3.60. The van der Waals surface area contributed by atoms with E-state index < -0.39 is 6.61 Å². The van der Waals surface area contributed by atoms with Gasteiger partial charge in [0.05, 0.1) is 18.6 Å². The third kappa shape index (κ3) is 4.62. The maximum absolute atomic E-state index is 12.4. The fourth-order valence-electron chi connectivity index (χ4n) is 2.35. The SMILES string of the molecule is COc1ccccc1-n1cnnc1SCC(=O)c1ccc(OC(F)F)cc1. The highest BCUT2D eigenvalue weighted by Gasteiger charge is 2.14. The van der Waals surface area contributed by atoms with E-state index in [4.69, 9.17) is 4.74 Å². The Morgan fingerprint density at radius 2 is 1.93 bits per heavy atom. The number of carbonyl (C=O) groups excluding carboxylic acids is 1. The molecule has 0 spiro atoms. The van der Waals surface area contributed by atoms with E-state index in [-0.39, 0.29) is 17.3 Å². The van der Waals surface area contributed by atoms with Crippen LogP contribution < -0.4 is 9.47 Å². The van der Waals surface area contributed by atoms with Gasteiger partial charge >= 0.3 is 6.61 Å². The molecule has 9 heteroatoms. The molecule has 0 aliphatic rings. The van der Waals surface area contributed by atoms with Gasteiger partial charge in [-0.2, -0.15) is 8.78 Å². The summed E-state index contributed by atoms with van der Waals surface area (Å²) in [4.78, 5) is 12.4. The number of hydrogen-bond acceptors (Lipinski definition) is 6. The maximum Gasteiger partial charge on any atom is 0.387 e. The summed E-state index contributed by atoms with van der Waals surface area (Å²) in [7, 11) is 1.57. The van der Waals surface area contributed by atoms with Crippen LogP contribution in [0.3, 0.4) is 0 Å². The summed E-state index contributed by atoms with van der Waals surface area (Å²) < 4.78 is 35.7. The topological polar surface area (TPSA) is 66.2 Å². The summed E-state index contributed by atoms with van der Waals surface area (Å²) in [5.74, 6) is 0.603. The number of methoxy groups -OCH3 is 1. The first kappa shape index (κ1) is 18.8. The number of ether oxygens (including phenoxy) is 2. The first-order chi connectivity index (χ1) is 13.1. The van der Waals surface area contributed by atoms with E-state index in [9.17, 15) is 13.6 Å². The Kier molecular flexibility index (Phi) is 6.02. The van der Waals surface area contributed by atoms with Gasteiger partial charge in [-0.25, -0.2) is 0 Å². The monoisotopic (exact) mass is 391 g/mol. The predicted octanol–water partition coefficient (Wildman–Crippen LogP) is 3.85. The highest BCUT2D eigenvalue weighted by atomic mass is 32.2. The second kappa shape index (κ2) is 8.63. The predicted molar refractivity (Wildman–Crippen MR) is 96.0 cm³/mol. The molecule has 0 N–H and O–H groups in total. The van der Waals surface area contributed by atoms with Crippen LogP contribution in [0.15, 0.2) is 60.0 Å². The zero-order valence-corrected chi connectivity index (χ0v) is 15.0. The quantitative estimate of drug-likeness (QED) is 0.429. The zero-order chi connectivity index (χ0) is 19.2. The van der Waals surface area contributed by atoms with E-state index in [1.165, 1.54) is 36.0 Å². The molecule has 0 aliphatic heterocycles. The number of aromatic nitrogens is 3. The standard InChI is InChI=1S/C18H15F2N3O3S/c1-25-16-5-3-2-4-14(16)23-11-21-22-18(23)27-10-15(24)12-6-8-13(9-7-12)26-17(19)20/h2-9,11,17H,10H2,1H3. The van der Waals surface area contributed by atoms with Crippen LogP contribution in [0.2, 0.25) is 0 Å². The highest BCUT2D eigenvalue weighted by molar-refractivity contribution is 7.99. The molecule has 27 heavy (non-hydrogen) atoms. The molecule has 1 heterocycles. The lowest BCUT2D eigenvalue weighted by Crippen LogP contribution is -2.05. The van der Waals surface area contributed by atoms with Crippen LogP contribution in [0, 0.1) is 0 Å². The summed E-state index contributed by atoms with van der Waals surface area (Å²) in [5.41, 5.74) is 1.15. The average molecular weight is 391 g/mol. The van der Waals surface area contributed by atoms with Crippen LogP contribution in [0.5, 0.6) is 11.5 Å². The van der Waals surface area contributed by atoms with Crippen molar-refractivity contribution in [2.45, 2.75) is 11.8 Å². The van der Waals surface area contributed by atoms with Crippen LogP contribution in [0.25, 0.3) is 5.69 Å². The number of benzene rings is 2. The molecule has 140 valence electrons. The minimum absolute atomic E-state index is 0.00474. The third-order valence-corrected chi connectivity index (χ3v) is 4.54. The van der Waals surface area contributed by atoms with Crippen molar-refractivity contribution in [3.8, 4) is 17.2 Å². The molecule has 0 atom stereocenters. The Bertz CT molecular complexity index is 916. The number of rotatable bonds is 8. The van der Waals surface area contributed by atoms with Gasteiger partial charge in [0.15, 0.2) is 10.9 Å². The van der Waals surface area contributed by atoms with E-state index in [0.717, 1.165) is 5.69 Å². The molecule has 3 rings (SSSR count). The lowest BCUT2D eigenvalue weighted by molar-refractivity contribution is -0.0498. The molecule has 6 nitrogen and oxygen atoms in total. The molecular formula is C18H15F2N3O3S. The molecule has 0 fully saturated rings. The fourth-order valence-corrected chi connectivity index (χ4v) is 3.17. The van der Waals surface area contributed by atoms with Crippen LogP contribution in [0.4, 0.5) is 8.78 Å². The fraction of sp³-hybridized carbons (Fsp3) is 0.167. The molecule has 0 bridgehead atoms. The zero-order valence-electron chi connectivity index (χ0n) is 14.2. The second-order valence-electron chi connectivity index (χ2n) is 5.27. The number of halogens is 2. The van der Waals surface area contributed by atoms with Crippen molar-refractivity contribution in [1.29, 1.82) is 0 Å². The van der Waals surface area contributed by atoms with Gasteiger partial charge in [-0.3, -0.25) is 9.36 Å². The minimum Gasteiger partial charge on any atom is -0.495 e. The van der Waals surface area contributed by atoms with Gasteiger partial charge in [0.2, 0.25) is 0 Å². The number of thioether (sulfide) groups is 1. The molecule has 3 aromatic rings. The summed E-state index contributed by atoms with van der Waals surface area (Å²) in [5, 5.41) is 8.48. The van der Waals surface area contributed by atoms with Gasteiger partial charge < -0.3 is 9.47 Å². The number of para-hydroxylation sites is 2. The molecule has 2 aromatic carbocycles. The van der Waals surface area contributed by atoms with E-state index >= 15 is 0 Å². The number of ketones is 1. The molecule has 0 saturated heterocycles. The smallest absolute Gasteiger partial charge is 0.387 e. The summed E-state index contributed by atoms with van der Waals surface area (Å²) in [6.07, 6.45) is 1.54. The van der Waals surface area contributed by atoms with Crippen molar-refractivity contribution in [3.63, 3.8) is 0 Å². The lowest BCUT2D eigenvalue weighted by Gasteiger charge is -2.10. The molecule has 0 aliphatic carbocycles. The number of Topliss-reactive ketones (excluding diaryl/α,β-unsaturated/α-hetero) is 1. The Hall–Kier alpha value is -2.94. The number of nitrogens with zero attached hydrogens (tertiary/aromatic N) is 3. The van der Waals surface area contributed by atoms with E-state index in [1.54, 1.807) is 18.0 Å². The first-order valence-corrected chi connectivity index (χ1v) is 8.81. The van der Waals surface area contributed by atoms with Crippen molar-refractivity contribution >= 4 is 17.5 Å². The van der Waals surface area contributed by atoms with Crippen molar-refractivity contribution in [2.24, 2.45) is 0 Å². The van der Waals surface area contributed by atoms with Gasteiger partial charge in [-0.05, 0) is 36.4 Å². The Morgan fingerprint density at radius 1 is 1.19 bits per heavy atom. The van der Waals surface area contributed by atoms with Crippen LogP contribution in [0.1, 0.15) is 10.4 Å². The Labute approximate surface area is 158 Å². The van der Waals surface area contributed by atoms with Crippen molar-refractivity contribution in [3.05, 3.63) is 60.4 Å². The van der Waals surface area contributed by atoms with Gasteiger partial charge in [-0.15, -0.1) is 10.2 Å². The van der Waals surface area contributed by atoms with E-state index in [1.807, 2.05) is 24.3 Å². The normalized spacial score (nSPS) is 10.8. The molecule has 0 amide bonds. The van der Waals surface area contributed by atoms with Gasteiger partial charge in [0.1, 0.15) is 17.8 Å². The second-order valence-corrected chi connectivity index (χ2v) is 6.21. The molecular weight excluding hydrogens is 376 g/mol. The summed E-state index contributed by atoms with van der Waals surface area (Å²) in [6, 6.07) is 13.0. The molecule has 1 aromatic heterocycles. The largest absolute Gasteiger partial charge is 0.495 e. The summed E-state index contributed by atoms with van der Waals surface area (Å²) >= 11 is 1.22.